The van der Waals surface area contributed by atoms with Gasteiger partial charge in [0.15, 0.2) is 0 Å². The van der Waals surface area contributed by atoms with Crippen molar-refractivity contribution in [3.8, 4) is 17.2 Å². The molecule has 3 rings (SSSR count). The minimum absolute atomic E-state index is 0. The standard InChI is InChI=1S/3C11H14O3.Al/c3*1-11(2,3)8-6-4-5-7(9(8)12)10(13)14;/h3*4-6,12H,1-3H3,(H,13,14);/q;;;+3/p-3. The molecular weight excluding hydrogens is 567 g/mol. The molecular formula is C33H39AlO9. The maximum absolute atomic E-state index is 10.6. The first-order valence-electron chi connectivity index (χ1n) is 13.1. The number of carboxylic acids is 3. The molecule has 0 heterocycles. The molecule has 0 amide bonds. The molecule has 0 saturated carbocycles. The Kier molecular flexibility index (Phi) is 13.6. The van der Waals surface area contributed by atoms with Gasteiger partial charge < -0.3 is 45.0 Å². The molecule has 0 aromatic heterocycles. The van der Waals surface area contributed by atoms with Gasteiger partial charge in [0.1, 0.15) is 17.2 Å². The van der Waals surface area contributed by atoms with Crippen molar-refractivity contribution in [1.29, 1.82) is 0 Å². The van der Waals surface area contributed by atoms with E-state index in [9.17, 15) is 45.0 Å². The Morgan fingerprint density at radius 2 is 0.651 bits per heavy atom. The number of phenols is 3. The molecule has 0 radical (unpaired) electrons. The molecule has 0 atom stereocenters. The fourth-order valence-electron chi connectivity index (χ4n) is 3.94. The van der Waals surface area contributed by atoms with Crippen molar-refractivity contribution in [3.05, 3.63) is 88.0 Å². The summed E-state index contributed by atoms with van der Waals surface area (Å²) >= 11 is 0. The third-order valence-corrected chi connectivity index (χ3v) is 6.19. The number of rotatable bonds is 3. The summed E-state index contributed by atoms with van der Waals surface area (Å²) in [7, 11) is 0. The zero-order valence-corrected chi connectivity index (χ0v) is 27.2. The molecule has 0 saturated heterocycles. The van der Waals surface area contributed by atoms with Gasteiger partial charge in [-0.3, -0.25) is 0 Å². The SMILES string of the molecule is CC(C)(C)c1cccc(C(=O)[O-])c1O.CC(C)(C)c1cccc(C(=O)[O-])c1O.CC(C)(C)c1cccc(C(=O)[O-])c1O.[Al+3]. The van der Waals surface area contributed by atoms with Crippen LogP contribution in [0.5, 0.6) is 17.2 Å². The normalized spacial score (nSPS) is 11.1. The summed E-state index contributed by atoms with van der Waals surface area (Å²) in [6, 6.07) is 13.9. The summed E-state index contributed by atoms with van der Waals surface area (Å²) in [6.07, 6.45) is 0. The summed E-state index contributed by atoms with van der Waals surface area (Å²) in [5.41, 5.74) is 0.519. The molecule has 0 bridgehead atoms. The number of hydrogen-bond donors (Lipinski definition) is 3. The predicted molar refractivity (Wildman–Crippen MR) is 159 cm³/mol. The third-order valence-electron chi connectivity index (χ3n) is 6.19. The van der Waals surface area contributed by atoms with E-state index in [-0.39, 0.29) is 67.5 Å². The quantitative estimate of drug-likeness (QED) is 0.378. The second-order valence-corrected chi connectivity index (χ2v) is 12.7. The van der Waals surface area contributed by atoms with Crippen molar-refractivity contribution in [2.24, 2.45) is 0 Å². The Bertz CT molecular complexity index is 1270. The average Bonchev–Trinajstić information content (AvgIpc) is 2.82. The molecule has 10 heteroatoms. The minimum Gasteiger partial charge on any atom is -0.545 e. The summed E-state index contributed by atoms with van der Waals surface area (Å²) in [5.74, 6) is -4.64. The van der Waals surface area contributed by atoms with Crippen LogP contribution in [0.1, 0.15) is 110 Å². The van der Waals surface area contributed by atoms with Gasteiger partial charge in [-0.1, -0.05) is 98.7 Å². The molecule has 0 aliphatic rings. The molecule has 3 N–H and O–H groups in total. The predicted octanol–water partition coefficient (Wildman–Crippen LogP) is 2.78. The molecule has 0 aliphatic heterocycles. The smallest absolute Gasteiger partial charge is 0.545 e. The van der Waals surface area contributed by atoms with Gasteiger partial charge in [-0.2, -0.15) is 0 Å². The van der Waals surface area contributed by atoms with Crippen LogP contribution < -0.4 is 15.3 Å². The van der Waals surface area contributed by atoms with E-state index in [2.05, 4.69) is 0 Å². The van der Waals surface area contributed by atoms with Crippen molar-refractivity contribution in [2.75, 3.05) is 0 Å². The third kappa shape index (κ3) is 10.7. The molecule has 0 aliphatic carbocycles. The molecule has 3 aromatic carbocycles. The van der Waals surface area contributed by atoms with Crippen LogP contribution in [-0.2, 0) is 16.2 Å². The summed E-state index contributed by atoms with van der Waals surface area (Å²) in [4.78, 5) is 31.9. The van der Waals surface area contributed by atoms with E-state index in [1.54, 1.807) is 36.4 Å². The van der Waals surface area contributed by atoms with Crippen LogP contribution in [0.2, 0.25) is 0 Å². The number of benzene rings is 3. The van der Waals surface area contributed by atoms with Gasteiger partial charge in [-0.25, -0.2) is 0 Å². The largest absolute Gasteiger partial charge is 3.00 e. The Labute approximate surface area is 263 Å². The van der Waals surface area contributed by atoms with Crippen LogP contribution in [0.4, 0.5) is 0 Å². The van der Waals surface area contributed by atoms with Crippen LogP contribution in [0, 0.1) is 0 Å². The van der Waals surface area contributed by atoms with Gasteiger partial charge in [0, 0.05) is 16.7 Å². The summed E-state index contributed by atoms with van der Waals surface area (Å²) < 4.78 is 0. The van der Waals surface area contributed by atoms with Crippen LogP contribution in [0.3, 0.4) is 0 Å². The van der Waals surface area contributed by atoms with Crippen molar-refractivity contribution in [2.45, 2.75) is 78.6 Å². The Morgan fingerprint density at radius 3 is 0.791 bits per heavy atom. The topological polar surface area (TPSA) is 181 Å². The molecule has 0 fully saturated rings. The van der Waals surface area contributed by atoms with Crippen LogP contribution in [0.25, 0.3) is 0 Å². The fourth-order valence-corrected chi connectivity index (χ4v) is 3.94. The molecule has 0 unspecified atom stereocenters. The van der Waals surface area contributed by atoms with Crippen molar-refractivity contribution >= 4 is 35.3 Å². The van der Waals surface area contributed by atoms with Crippen molar-refractivity contribution in [3.63, 3.8) is 0 Å². The molecule has 43 heavy (non-hydrogen) atoms. The van der Waals surface area contributed by atoms with Gasteiger partial charge in [0.05, 0.1) is 17.9 Å². The number of carbonyl (C=O) groups excluding carboxylic acids is 3. The number of aromatic hydroxyl groups is 3. The number of para-hydroxylation sites is 3. The number of hydrogen-bond acceptors (Lipinski definition) is 9. The zero-order valence-electron chi connectivity index (χ0n) is 26.1. The van der Waals surface area contributed by atoms with Crippen LogP contribution in [0.15, 0.2) is 54.6 Å². The van der Waals surface area contributed by atoms with Gasteiger partial charge in [0.2, 0.25) is 0 Å². The van der Waals surface area contributed by atoms with Crippen molar-refractivity contribution < 1.29 is 45.0 Å². The van der Waals surface area contributed by atoms with Crippen molar-refractivity contribution in [1.82, 2.24) is 0 Å². The van der Waals surface area contributed by atoms with E-state index < -0.39 is 17.9 Å². The Hall–Kier alpha value is -4.00. The number of aromatic carboxylic acids is 3. The van der Waals surface area contributed by atoms with E-state index in [0.29, 0.717) is 16.7 Å². The van der Waals surface area contributed by atoms with E-state index in [1.807, 2.05) is 62.3 Å². The van der Waals surface area contributed by atoms with E-state index in [1.165, 1.54) is 18.2 Å². The number of carboxylic acid groups (broad SMARTS) is 3. The van der Waals surface area contributed by atoms with E-state index in [0.717, 1.165) is 0 Å². The Balaban J connectivity index is 0.000000608. The zero-order chi connectivity index (χ0) is 32.8. The van der Waals surface area contributed by atoms with Crippen LogP contribution in [-0.4, -0.2) is 50.6 Å². The van der Waals surface area contributed by atoms with Crippen LogP contribution >= 0.6 is 0 Å². The molecule has 3 aromatic rings. The van der Waals surface area contributed by atoms with Gasteiger partial charge in [-0.15, -0.1) is 0 Å². The first kappa shape index (κ1) is 39.0. The summed E-state index contributed by atoms with van der Waals surface area (Å²) in [6.45, 7) is 17.1. The first-order chi connectivity index (χ1) is 19.0. The number of carbonyl (C=O) groups is 3. The molecule has 0 spiro atoms. The maximum Gasteiger partial charge on any atom is 3.00 e. The first-order valence-corrected chi connectivity index (χ1v) is 13.1. The average molecular weight is 607 g/mol. The van der Waals surface area contributed by atoms with E-state index >= 15 is 0 Å². The summed E-state index contributed by atoms with van der Waals surface area (Å²) in [5, 5.41) is 60.9. The van der Waals surface area contributed by atoms with Gasteiger partial charge in [0.25, 0.3) is 0 Å². The van der Waals surface area contributed by atoms with Gasteiger partial charge >= 0.3 is 17.4 Å². The minimum atomic E-state index is -1.35. The molecule has 228 valence electrons. The molecule has 9 nitrogen and oxygen atoms in total. The van der Waals surface area contributed by atoms with Gasteiger partial charge in [-0.05, 0) is 51.1 Å². The second kappa shape index (κ2) is 14.9. The maximum atomic E-state index is 10.6. The fraction of sp³-hybridized carbons (Fsp3) is 0.364. The Morgan fingerprint density at radius 1 is 0.465 bits per heavy atom. The monoisotopic (exact) mass is 606 g/mol. The van der Waals surface area contributed by atoms with E-state index in [4.69, 9.17) is 0 Å². The second-order valence-electron chi connectivity index (χ2n) is 12.7.